The van der Waals surface area contributed by atoms with Crippen molar-refractivity contribution >= 4 is 45.9 Å². The van der Waals surface area contributed by atoms with Gasteiger partial charge in [0.1, 0.15) is 6.61 Å². The minimum Gasteiger partial charge on any atom is -0.472 e. The molecule has 21 heavy (non-hydrogen) atoms. The molecule has 0 spiro atoms. The Bertz CT molecular complexity index is 666. The number of halogens is 2. The number of nitrogens with zero attached hydrogens (tertiary/aromatic N) is 3. The van der Waals surface area contributed by atoms with E-state index in [4.69, 9.17) is 33.7 Å². The number of hydrogen-bond donors (Lipinski definition) is 1. The van der Waals surface area contributed by atoms with Gasteiger partial charge in [0.15, 0.2) is 11.0 Å². The maximum atomic E-state index is 6.07. The zero-order chi connectivity index (χ0) is 15.2. The Morgan fingerprint density at radius 2 is 2.19 bits per heavy atom. The third-order valence-electron chi connectivity index (χ3n) is 2.42. The summed E-state index contributed by atoms with van der Waals surface area (Å²) >= 11 is 13.2. The van der Waals surface area contributed by atoms with Crippen molar-refractivity contribution in [3.63, 3.8) is 0 Å². The van der Waals surface area contributed by atoms with Crippen LogP contribution in [0.1, 0.15) is 5.56 Å². The zero-order valence-corrected chi connectivity index (χ0v) is 13.4. The second-order valence-electron chi connectivity index (χ2n) is 3.89. The van der Waals surface area contributed by atoms with E-state index in [1.54, 1.807) is 18.2 Å². The summed E-state index contributed by atoms with van der Waals surface area (Å²) in [5, 5.41) is 1.52. The predicted octanol–water partition coefficient (Wildman–Crippen LogP) is 3.67. The van der Waals surface area contributed by atoms with Crippen LogP contribution in [-0.2, 0) is 6.61 Å². The van der Waals surface area contributed by atoms with Crippen molar-refractivity contribution in [2.45, 2.75) is 6.61 Å². The summed E-state index contributed by atoms with van der Waals surface area (Å²) in [6.45, 7) is 0.260. The molecule has 0 unspecified atom stereocenters. The summed E-state index contributed by atoms with van der Waals surface area (Å²) in [6.07, 6.45) is 4.83. The van der Waals surface area contributed by atoms with E-state index < -0.39 is 0 Å². The summed E-state index contributed by atoms with van der Waals surface area (Å²) in [7, 11) is 0. The molecule has 1 aromatic heterocycles. The first kappa shape index (κ1) is 15.9. The lowest BCUT2D eigenvalue weighted by Gasteiger charge is -2.07. The molecule has 2 N–H and O–H groups in total. The van der Waals surface area contributed by atoms with Gasteiger partial charge in [0.2, 0.25) is 5.88 Å². The van der Waals surface area contributed by atoms with Crippen LogP contribution in [-0.4, -0.2) is 21.4 Å². The Kier molecular flexibility index (Phi) is 5.67. The van der Waals surface area contributed by atoms with Gasteiger partial charge in [-0.15, -0.1) is 0 Å². The van der Waals surface area contributed by atoms with Gasteiger partial charge in [-0.05, 0) is 18.4 Å². The summed E-state index contributed by atoms with van der Waals surface area (Å²) < 4.78 is 5.55. The van der Waals surface area contributed by atoms with Gasteiger partial charge in [-0.25, -0.2) is 4.99 Å². The second-order valence-corrected chi connectivity index (χ2v) is 5.56. The lowest BCUT2D eigenvalue weighted by Crippen LogP contribution is -2.05. The molecule has 1 heterocycles. The van der Waals surface area contributed by atoms with Gasteiger partial charge < -0.3 is 10.5 Å². The molecule has 110 valence electrons. The molecular formula is C13H12Cl2N4OS. The fourth-order valence-corrected chi connectivity index (χ4v) is 2.06. The maximum Gasteiger partial charge on any atom is 0.234 e. The quantitative estimate of drug-likeness (QED) is 0.677. The van der Waals surface area contributed by atoms with Gasteiger partial charge in [-0.1, -0.05) is 41.0 Å². The van der Waals surface area contributed by atoms with Gasteiger partial charge in [-0.3, -0.25) is 4.98 Å². The first-order valence-corrected chi connectivity index (χ1v) is 7.83. The number of nitrogens with two attached hydrogens (primary N) is 1. The lowest BCUT2D eigenvalue weighted by atomic mass is 10.2. The van der Waals surface area contributed by atoms with Gasteiger partial charge in [-0.2, -0.15) is 4.98 Å². The van der Waals surface area contributed by atoms with Crippen LogP contribution in [0.15, 0.2) is 35.6 Å². The van der Waals surface area contributed by atoms with Crippen molar-refractivity contribution in [2.75, 3.05) is 6.26 Å². The van der Waals surface area contributed by atoms with E-state index in [0.717, 1.165) is 5.56 Å². The SMILES string of the molecule is CS/C(N)=N/c1cncc(OCc2ccc(Cl)cc2Cl)n1. The topological polar surface area (TPSA) is 73.4 Å². The van der Waals surface area contributed by atoms with Crippen LogP contribution < -0.4 is 10.5 Å². The van der Waals surface area contributed by atoms with Gasteiger partial charge >= 0.3 is 0 Å². The number of ether oxygens (including phenoxy) is 1. The van der Waals surface area contributed by atoms with Crippen molar-refractivity contribution in [1.82, 2.24) is 9.97 Å². The number of thioether (sulfide) groups is 1. The molecule has 1 aromatic carbocycles. The molecule has 0 atom stereocenters. The largest absolute Gasteiger partial charge is 0.472 e. The van der Waals surface area contributed by atoms with E-state index in [0.29, 0.717) is 26.9 Å². The Labute approximate surface area is 136 Å². The minimum atomic E-state index is 0.260. The van der Waals surface area contributed by atoms with Crippen molar-refractivity contribution < 1.29 is 4.74 Å². The summed E-state index contributed by atoms with van der Waals surface area (Å²) in [5.74, 6) is 0.734. The van der Waals surface area contributed by atoms with Crippen LogP contribution in [0.2, 0.25) is 10.0 Å². The van der Waals surface area contributed by atoms with Crippen LogP contribution in [0.3, 0.4) is 0 Å². The van der Waals surface area contributed by atoms with Crippen LogP contribution >= 0.6 is 35.0 Å². The highest BCUT2D eigenvalue weighted by atomic mass is 35.5. The van der Waals surface area contributed by atoms with Crippen LogP contribution in [0, 0.1) is 0 Å². The monoisotopic (exact) mass is 342 g/mol. The standard InChI is InChI=1S/C13H12Cl2N4OS/c1-21-13(16)19-11-5-17-6-12(18-11)20-7-8-2-3-9(14)4-10(8)15/h2-6H,7H2,1H3,(H2,16,18,19). The number of rotatable bonds is 4. The van der Waals surface area contributed by atoms with Crippen LogP contribution in [0.25, 0.3) is 0 Å². The highest BCUT2D eigenvalue weighted by Crippen LogP contribution is 2.22. The highest BCUT2D eigenvalue weighted by molar-refractivity contribution is 8.13. The van der Waals surface area contributed by atoms with Crippen LogP contribution in [0.4, 0.5) is 5.82 Å². The van der Waals surface area contributed by atoms with Gasteiger partial charge in [0, 0.05) is 15.6 Å². The zero-order valence-electron chi connectivity index (χ0n) is 11.1. The molecule has 0 bridgehead atoms. The molecule has 0 saturated carbocycles. The highest BCUT2D eigenvalue weighted by Gasteiger charge is 2.04. The smallest absolute Gasteiger partial charge is 0.234 e. The van der Waals surface area contributed by atoms with Crippen molar-refractivity contribution in [1.29, 1.82) is 0 Å². The number of hydrogen-bond acceptors (Lipinski definition) is 5. The van der Waals surface area contributed by atoms with Gasteiger partial charge in [0.05, 0.1) is 12.4 Å². The first-order valence-electron chi connectivity index (χ1n) is 5.85. The Morgan fingerprint density at radius 3 is 2.90 bits per heavy atom. The average Bonchev–Trinajstić information content (AvgIpc) is 2.46. The molecule has 0 amide bonds. The maximum absolute atomic E-state index is 6.07. The molecule has 0 saturated heterocycles. The second kappa shape index (κ2) is 7.49. The normalized spacial score (nSPS) is 11.5. The molecule has 8 heteroatoms. The van der Waals surface area contributed by atoms with Crippen molar-refractivity contribution in [2.24, 2.45) is 10.7 Å². The molecule has 0 fully saturated rings. The fourth-order valence-electron chi connectivity index (χ4n) is 1.41. The molecule has 0 aliphatic rings. The number of aromatic nitrogens is 2. The molecular weight excluding hydrogens is 331 g/mol. The van der Waals surface area contributed by atoms with E-state index in [1.165, 1.54) is 24.2 Å². The number of benzene rings is 1. The summed E-state index contributed by atoms with van der Waals surface area (Å²) in [4.78, 5) is 12.3. The van der Waals surface area contributed by atoms with Crippen LogP contribution in [0.5, 0.6) is 5.88 Å². The average molecular weight is 343 g/mol. The Hall–Kier alpha value is -1.50. The fraction of sp³-hybridized carbons (Fsp3) is 0.154. The predicted molar refractivity (Wildman–Crippen MR) is 87.6 cm³/mol. The number of amidine groups is 1. The van der Waals surface area contributed by atoms with E-state index in [9.17, 15) is 0 Å². The van der Waals surface area contributed by atoms with E-state index in [-0.39, 0.29) is 6.61 Å². The molecule has 5 nitrogen and oxygen atoms in total. The Morgan fingerprint density at radius 1 is 1.38 bits per heavy atom. The first-order chi connectivity index (χ1) is 10.1. The molecule has 0 radical (unpaired) electrons. The van der Waals surface area contributed by atoms with E-state index >= 15 is 0 Å². The summed E-state index contributed by atoms with van der Waals surface area (Å²) in [6, 6.07) is 5.21. The third kappa shape index (κ3) is 4.77. The molecule has 0 aliphatic carbocycles. The van der Waals surface area contributed by atoms with Crippen molar-refractivity contribution in [3.8, 4) is 5.88 Å². The van der Waals surface area contributed by atoms with Gasteiger partial charge in [0.25, 0.3) is 0 Å². The van der Waals surface area contributed by atoms with E-state index in [2.05, 4.69) is 15.0 Å². The third-order valence-corrected chi connectivity index (χ3v) is 3.52. The molecule has 2 rings (SSSR count). The minimum absolute atomic E-state index is 0.260. The lowest BCUT2D eigenvalue weighted by molar-refractivity contribution is 0.293. The summed E-state index contributed by atoms with van der Waals surface area (Å²) in [5.41, 5.74) is 6.43. The Balaban J connectivity index is 2.08. The molecule has 2 aromatic rings. The van der Waals surface area contributed by atoms with E-state index in [1.807, 2.05) is 6.26 Å². The number of aliphatic imine (C=N–C) groups is 1. The molecule has 0 aliphatic heterocycles. The van der Waals surface area contributed by atoms with Crippen molar-refractivity contribution in [3.05, 3.63) is 46.2 Å².